The maximum absolute atomic E-state index is 12.8. The fourth-order valence-electron chi connectivity index (χ4n) is 2.82. The summed E-state index contributed by atoms with van der Waals surface area (Å²) in [5.41, 5.74) is 2.49. The van der Waals surface area contributed by atoms with Crippen molar-refractivity contribution in [2.45, 2.75) is 31.8 Å². The molecule has 3 rings (SSSR count). The molecular formula is C20H21ClN2O2. The first-order valence-electron chi connectivity index (χ1n) is 8.42. The van der Waals surface area contributed by atoms with Gasteiger partial charge in [0.25, 0.3) is 5.91 Å². The molecule has 0 aromatic heterocycles. The average molecular weight is 357 g/mol. The third kappa shape index (κ3) is 4.40. The molecule has 0 atom stereocenters. The van der Waals surface area contributed by atoms with Crippen LogP contribution in [0.15, 0.2) is 48.5 Å². The lowest BCUT2D eigenvalue weighted by Gasteiger charge is -2.23. The van der Waals surface area contributed by atoms with E-state index in [1.165, 1.54) is 0 Å². The first kappa shape index (κ1) is 17.5. The molecule has 1 saturated carbocycles. The molecule has 0 aliphatic heterocycles. The van der Waals surface area contributed by atoms with Crippen LogP contribution >= 0.6 is 11.6 Å². The molecule has 0 heterocycles. The molecule has 4 nitrogen and oxygen atoms in total. The first-order valence-corrected chi connectivity index (χ1v) is 8.80. The molecule has 1 aliphatic rings. The van der Waals surface area contributed by atoms with Crippen LogP contribution in [0.25, 0.3) is 0 Å². The zero-order valence-corrected chi connectivity index (χ0v) is 14.9. The van der Waals surface area contributed by atoms with E-state index in [-0.39, 0.29) is 11.8 Å². The van der Waals surface area contributed by atoms with Gasteiger partial charge in [-0.3, -0.25) is 9.59 Å². The van der Waals surface area contributed by atoms with E-state index in [1.807, 2.05) is 41.3 Å². The van der Waals surface area contributed by atoms with Crippen molar-refractivity contribution in [2.75, 3.05) is 7.05 Å². The van der Waals surface area contributed by atoms with E-state index in [1.54, 1.807) is 19.2 Å². The predicted octanol–water partition coefficient (Wildman–Crippen LogP) is 3.43. The van der Waals surface area contributed by atoms with E-state index >= 15 is 0 Å². The molecule has 130 valence electrons. The van der Waals surface area contributed by atoms with Gasteiger partial charge in [0.1, 0.15) is 0 Å². The van der Waals surface area contributed by atoms with Gasteiger partial charge in [0.2, 0.25) is 5.91 Å². The van der Waals surface area contributed by atoms with Crippen LogP contribution in [0.1, 0.15) is 34.3 Å². The number of nitrogens with one attached hydrogen (secondary N) is 1. The fraction of sp³-hybridized carbons (Fsp3) is 0.300. The minimum Gasteiger partial charge on any atom is -0.355 e. The highest BCUT2D eigenvalue weighted by Crippen LogP contribution is 2.29. The second-order valence-corrected chi connectivity index (χ2v) is 6.70. The SMILES string of the molecule is CNC(=O)c1ccc(CN(C(=O)Cc2ccccc2Cl)C2CC2)cc1. The van der Waals surface area contributed by atoms with Crippen molar-refractivity contribution < 1.29 is 9.59 Å². The minimum atomic E-state index is -0.111. The second kappa shape index (κ2) is 7.70. The van der Waals surface area contributed by atoms with Gasteiger partial charge in [-0.2, -0.15) is 0 Å². The van der Waals surface area contributed by atoms with Crippen LogP contribution in [-0.4, -0.2) is 29.8 Å². The number of carbonyl (C=O) groups is 2. The number of hydrogen-bond acceptors (Lipinski definition) is 2. The number of amides is 2. The van der Waals surface area contributed by atoms with Gasteiger partial charge in [-0.1, -0.05) is 41.9 Å². The Morgan fingerprint density at radius 2 is 1.80 bits per heavy atom. The maximum atomic E-state index is 12.8. The van der Waals surface area contributed by atoms with E-state index in [4.69, 9.17) is 11.6 Å². The van der Waals surface area contributed by atoms with E-state index in [2.05, 4.69) is 5.32 Å². The van der Waals surface area contributed by atoms with Crippen molar-refractivity contribution in [3.8, 4) is 0 Å². The molecule has 0 saturated heterocycles. The summed E-state index contributed by atoms with van der Waals surface area (Å²) in [6, 6.07) is 15.2. The Bertz CT molecular complexity index is 770. The summed E-state index contributed by atoms with van der Waals surface area (Å²) < 4.78 is 0. The highest BCUT2D eigenvalue weighted by molar-refractivity contribution is 6.31. The summed E-state index contributed by atoms with van der Waals surface area (Å²) in [5.74, 6) is -0.0219. The molecule has 1 fully saturated rings. The lowest BCUT2D eigenvalue weighted by atomic mass is 10.1. The van der Waals surface area contributed by atoms with Gasteiger partial charge in [0, 0.05) is 30.2 Å². The number of halogens is 1. The lowest BCUT2D eigenvalue weighted by Crippen LogP contribution is -2.33. The van der Waals surface area contributed by atoms with Crippen LogP contribution in [0.3, 0.4) is 0 Å². The summed E-state index contributed by atoms with van der Waals surface area (Å²) in [6.45, 7) is 0.558. The van der Waals surface area contributed by atoms with E-state index in [9.17, 15) is 9.59 Å². The maximum Gasteiger partial charge on any atom is 0.251 e. The molecule has 5 heteroatoms. The number of rotatable bonds is 6. The van der Waals surface area contributed by atoms with Crippen molar-refractivity contribution in [3.05, 3.63) is 70.2 Å². The van der Waals surface area contributed by atoms with Crippen LogP contribution in [0.2, 0.25) is 5.02 Å². The number of nitrogens with zero attached hydrogens (tertiary/aromatic N) is 1. The molecule has 2 aromatic rings. The van der Waals surface area contributed by atoms with Crippen molar-refractivity contribution in [1.82, 2.24) is 10.2 Å². The summed E-state index contributed by atoms with van der Waals surface area (Å²) in [6.07, 6.45) is 2.40. The second-order valence-electron chi connectivity index (χ2n) is 6.30. The third-order valence-electron chi connectivity index (χ3n) is 4.40. The van der Waals surface area contributed by atoms with E-state index in [0.29, 0.717) is 29.6 Å². The Labute approximate surface area is 152 Å². The Balaban J connectivity index is 1.70. The van der Waals surface area contributed by atoms with Crippen molar-refractivity contribution >= 4 is 23.4 Å². The molecule has 1 N–H and O–H groups in total. The average Bonchev–Trinajstić information content (AvgIpc) is 3.46. The molecule has 0 unspecified atom stereocenters. The smallest absolute Gasteiger partial charge is 0.251 e. The Morgan fingerprint density at radius 1 is 1.12 bits per heavy atom. The number of hydrogen-bond donors (Lipinski definition) is 1. The zero-order valence-electron chi connectivity index (χ0n) is 14.2. The normalized spacial score (nSPS) is 13.4. The highest BCUT2D eigenvalue weighted by atomic mass is 35.5. The highest BCUT2D eigenvalue weighted by Gasteiger charge is 2.32. The monoisotopic (exact) mass is 356 g/mol. The van der Waals surface area contributed by atoms with Crippen molar-refractivity contribution in [3.63, 3.8) is 0 Å². The molecule has 1 aliphatic carbocycles. The van der Waals surface area contributed by atoms with Gasteiger partial charge >= 0.3 is 0 Å². The third-order valence-corrected chi connectivity index (χ3v) is 4.77. The van der Waals surface area contributed by atoms with Crippen LogP contribution in [-0.2, 0) is 17.8 Å². The fourth-order valence-corrected chi connectivity index (χ4v) is 3.02. The van der Waals surface area contributed by atoms with E-state index < -0.39 is 0 Å². The number of benzene rings is 2. The summed E-state index contributed by atoms with van der Waals surface area (Å²) >= 11 is 6.18. The largest absolute Gasteiger partial charge is 0.355 e. The summed E-state index contributed by atoms with van der Waals surface area (Å²) in [7, 11) is 1.61. The Kier molecular flexibility index (Phi) is 5.39. The van der Waals surface area contributed by atoms with Crippen LogP contribution < -0.4 is 5.32 Å². The van der Waals surface area contributed by atoms with Crippen LogP contribution in [0, 0.1) is 0 Å². The molecule has 25 heavy (non-hydrogen) atoms. The molecule has 0 radical (unpaired) electrons. The predicted molar refractivity (Wildman–Crippen MR) is 98.6 cm³/mol. The van der Waals surface area contributed by atoms with Gasteiger partial charge in [0.15, 0.2) is 0 Å². The van der Waals surface area contributed by atoms with Gasteiger partial charge in [0.05, 0.1) is 6.42 Å². The lowest BCUT2D eigenvalue weighted by molar-refractivity contribution is -0.131. The van der Waals surface area contributed by atoms with Gasteiger partial charge in [-0.15, -0.1) is 0 Å². The molecule has 0 spiro atoms. The summed E-state index contributed by atoms with van der Waals surface area (Å²) in [5, 5.41) is 3.23. The molecular weight excluding hydrogens is 336 g/mol. The van der Waals surface area contributed by atoms with E-state index in [0.717, 1.165) is 24.0 Å². The van der Waals surface area contributed by atoms with Gasteiger partial charge in [-0.05, 0) is 42.2 Å². The van der Waals surface area contributed by atoms with Gasteiger partial charge < -0.3 is 10.2 Å². The molecule has 0 bridgehead atoms. The quantitative estimate of drug-likeness (QED) is 0.862. The van der Waals surface area contributed by atoms with Crippen molar-refractivity contribution in [2.24, 2.45) is 0 Å². The van der Waals surface area contributed by atoms with Gasteiger partial charge in [-0.25, -0.2) is 0 Å². The number of carbonyl (C=O) groups excluding carboxylic acids is 2. The minimum absolute atomic E-state index is 0.0889. The van der Waals surface area contributed by atoms with Crippen molar-refractivity contribution in [1.29, 1.82) is 0 Å². The standard InChI is InChI=1S/C20H21ClN2O2/c1-22-20(25)15-8-6-14(7-9-15)13-23(17-10-11-17)19(24)12-16-4-2-3-5-18(16)21/h2-9,17H,10-13H2,1H3,(H,22,25). The Morgan fingerprint density at radius 3 is 2.40 bits per heavy atom. The zero-order chi connectivity index (χ0) is 17.8. The Hall–Kier alpha value is -2.33. The van der Waals surface area contributed by atoms with Crippen LogP contribution in [0.4, 0.5) is 0 Å². The summed E-state index contributed by atoms with van der Waals surface area (Å²) in [4.78, 5) is 26.3. The molecule has 2 amide bonds. The molecule has 2 aromatic carbocycles. The topological polar surface area (TPSA) is 49.4 Å². The van der Waals surface area contributed by atoms with Crippen LogP contribution in [0.5, 0.6) is 0 Å². The first-order chi connectivity index (χ1) is 12.1.